The number of carbonyl (C=O) groups excluding carboxylic acids is 1. The number of phenolic OH excluding ortho intramolecular Hbond substituents is 1. The second-order valence-corrected chi connectivity index (χ2v) is 3.81. The molecule has 2 nitrogen and oxygen atoms in total. The summed E-state index contributed by atoms with van der Waals surface area (Å²) < 4.78 is 37.3. The van der Waals surface area contributed by atoms with Crippen molar-refractivity contribution in [2.75, 3.05) is 5.33 Å². The standard InChI is InChI=1S/C9H5BrClF3O2/c10-3-6(16)7-5(15)2-1-4(8(7)11)9(12,13)14/h1-2,15H,3H2. The normalized spacial score (nSPS) is 11.6. The van der Waals surface area contributed by atoms with Crippen LogP contribution in [0.25, 0.3) is 0 Å². The fourth-order valence-corrected chi connectivity index (χ4v) is 1.77. The summed E-state index contributed by atoms with van der Waals surface area (Å²) in [4.78, 5) is 11.3. The van der Waals surface area contributed by atoms with Crippen LogP contribution in [0.1, 0.15) is 15.9 Å². The molecule has 88 valence electrons. The first-order valence-electron chi connectivity index (χ1n) is 3.97. The molecule has 16 heavy (non-hydrogen) atoms. The molecule has 1 aromatic carbocycles. The van der Waals surface area contributed by atoms with Gasteiger partial charge in [-0.15, -0.1) is 0 Å². The minimum atomic E-state index is -4.66. The smallest absolute Gasteiger partial charge is 0.417 e. The van der Waals surface area contributed by atoms with E-state index in [1.165, 1.54) is 0 Å². The lowest BCUT2D eigenvalue weighted by Gasteiger charge is -2.12. The van der Waals surface area contributed by atoms with E-state index in [2.05, 4.69) is 15.9 Å². The quantitative estimate of drug-likeness (QED) is 0.668. The van der Waals surface area contributed by atoms with Crippen molar-refractivity contribution in [3.8, 4) is 5.75 Å². The second kappa shape index (κ2) is 4.63. The molecule has 0 aromatic heterocycles. The van der Waals surface area contributed by atoms with Gasteiger partial charge in [-0.1, -0.05) is 27.5 Å². The molecular formula is C9H5BrClF3O2. The first-order chi connectivity index (χ1) is 7.29. The first kappa shape index (κ1) is 13.3. The third-order valence-electron chi connectivity index (χ3n) is 1.83. The molecule has 7 heteroatoms. The number of hydrogen-bond donors (Lipinski definition) is 1. The van der Waals surface area contributed by atoms with Gasteiger partial charge < -0.3 is 5.11 Å². The summed E-state index contributed by atoms with van der Waals surface area (Å²) in [5, 5.41) is 8.29. The molecule has 0 aliphatic carbocycles. The average Bonchev–Trinajstić information content (AvgIpc) is 2.15. The van der Waals surface area contributed by atoms with Crippen LogP contribution in [0.2, 0.25) is 5.02 Å². The fourth-order valence-electron chi connectivity index (χ4n) is 1.12. The summed E-state index contributed by atoms with van der Waals surface area (Å²) in [7, 11) is 0. The van der Waals surface area contributed by atoms with Gasteiger partial charge in [0.2, 0.25) is 0 Å². The topological polar surface area (TPSA) is 37.3 Å². The number of ketones is 1. The lowest BCUT2D eigenvalue weighted by Crippen LogP contribution is -2.10. The maximum atomic E-state index is 12.4. The predicted molar refractivity (Wildman–Crippen MR) is 56.2 cm³/mol. The minimum absolute atomic E-state index is 0.221. The second-order valence-electron chi connectivity index (χ2n) is 2.88. The Bertz CT molecular complexity index is 431. The van der Waals surface area contributed by atoms with Crippen molar-refractivity contribution >= 4 is 33.3 Å². The minimum Gasteiger partial charge on any atom is -0.507 e. The molecule has 0 bridgehead atoms. The van der Waals surface area contributed by atoms with E-state index in [1.807, 2.05) is 0 Å². The highest BCUT2D eigenvalue weighted by molar-refractivity contribution is 9.09. The lowest BCUT2D eigenvalue weighted by molar-refractivity contribution is -0.137. The van der Waals surface area contributed by atoms with Gasteiger partial charge >= 0.3 is 6.18 Å². The third kappa shape index (κ3) is 2.49. The molecule has 0 saturated carbocycles. The van der Waals surface area contributed by atoms with E-state index in [0.29, 0.717) is 6.07 Å². The van der Waals surface area contributed by atoms with Crippen LogP contribution in [0.4, 0.5) is 13.2 Å². The largest absolute Gasteiger partial charge is 0.507 e. The molecule has 1 aromatic rings. The molecule has 0 spiro atoms. The van der Waals surface area contributed by atoms with Gasteiger partial charge in [-0.25, -0.2) is 0 Å². The summed E-state index contributed by atoms with van der Waals surface area (Å²) in [6.45, 7) is 0. The van der Waals surface area contributed by atoms with E-state index in [9.17, 15) is 23.1 Å². The van der Waals surface area contributed by atoms with Crippen LogP contribution in [0.3, 0.4) is 0 Å². The Hall–Kier alpha value is -0.750. The number of benzene rings is 1. The molecule has 0 unspecified atom stereocenters. The van der Waals surface area contributed by atoms with Gasteiger partial charge in [0.15, 0.2) is 5.78 Å². The molecule has 0 aliphatic heterocycles. The number of Topliss-reactive ketones (excluding diaryl/α,β-unsaturated/α-hetero) is 1. The Labute approximate surface area is 102 Å². The molecule has 0 aliphatic rings. The van der Waals surface area contributed by atoms with E-state index in [1.54, 1.807) is 0 Å². The van der Waals surface area contributed by atoms with Crippen LogP contribution in [-0.2, 0) is 6.18 Å². The highest BCUT2D eigenvalue weighted by atomic mass is 79.9. The van der Waals surface area contributed by atoms with E-state index in [-0.39, 0.29) is 5.33 Å². The number of rotatable bonds is 2. The van der Waals surface area contributed by atoms with E-state index >= 15 is 0 Å². The number of halogens is 5. The molecule has 0 radical (unpaired) electrons. The maximum Gasteiger partial charge on any atom is 0.417 e. The lowest BCUT2D eigenvalue weighted by atomic mass is 10.1. The van der Waals surface area contributed by atoms with Gasteiger partial charge in [0, 0.05) is 0 Å². The zero-order chi connectivity index (χ0) is 12.5. The van der Waals surface area contributed by atoms with Gasteiger partial charge in [0.05, 0.1) is 21.5 Å². The number of alkyl halides is 4. The Morgan fingerprint density at radius 2 is 2.00 bits per heavy atom. The van der Waals surface area contributed by atoms with Crippen molar-refractivity contribution in [1.82, 2.24) is 0 Å². The van der Waals surface area contributed by atoms with Crippen molar-refractivity contribution in [2.45, 2.75) is 6.18 Å². The van der Waals surface area contributed by atoms with Gasteiger partial charge in [-0.05, 0) is 12.1 Å². The van der Waals surface area contributed by atoms with E-state index in [4.69, 9.17) is 11.6 Å². The summed E-state index contributed by atoms with van der Waals surface area (Å²) in [5.74, 6) is -1.28. The number of aromatic hydroxyl groups is 1. The Morgan fingerprint density at radius 1 is 1.44 bits per heavy atom. The number of phenols is 1. The van der Waals surface area contributed by atoms with Crippen molar-refractivity contribution in [3.63, 3.8) is 0 Å². The summed E-state index contributed by atoms with van der Waals surface area (Å²) in [5.41, 5.74) is -1.66. The zero-order valence-corrected chi connectivity index (χ0v) is 9.95. The summed E-state index contributed by atoms with van der Waals surface area (Å²) >= 11 is 8.24. The Morgan fingerprint density at radius 3 is 2.44 bits per heavy atom. The molecule has 0 saturated heterocycles. The Balaban J connectivity index is 3.45. The van der Waals surface area contributed by atoms with E-state index < -0.39 is 33.9 Å². The summed E-state index contributed by atoms with van der Waals surface area (Å²) in [6.07, 6.45) is -4.66. The predicted octanol–water partition coefficient (Wildman–Crippen LogP) is 3.64. The molecule has 1 rings (SSSR count). The number of carbonyl (C=O) groups is 1. The van der Waals surface area contributed by atoms with E-state index in [0.717, 1.165) is 6.07 Å². The Kier molecular flexibility index (Phi) is 3.85. The van der Waals surface area contributed by atoms with Gasteiger partial charge in [-0.3, -0.25) is 4.79 Å². The monoisotopic (exact) mass is 316 g/mol. The van der Waals surface area contributed by atoms with Crippen molar-refractivity contribution < 1.29 is 23.1 Å². The molecule has 0 heterocycles. The summed E-state index contributed by atoms with van der Waals surface area (Å²) in [6, 6.07) is 1.42. The third-order valence-corrected chi connectivity index (χ3v) is 2.73. The van der Waals surface area contributed by atoms with Gasteiger partial charge in [-0.2, -0.15) is 13.2 Å². The first-order valence-corrected chi connectivity index (χ1v) is 5.46. The van der Waals surface area contributed by atoms with Crippen LogP contribution in [0.15, 0.2) is 12.1 Å². The zero-order valence-electron chi connectivity index (χ0n) is 7.61. The highest BCUT2D eigenvalue weighted by Crippen LogP contribution is 2.39. The average molecular weight is 317 g/mol. The molecule has 0 fully saturated rings. The molecule has 1 N–H and O–H groups in total. The van der Waals surface area contributed by atoms with Crippen molar-refractivity contribution in [2.24, 2.45) is 0 Å². The van der Waals surface area contributed by atoms with Crippen LogP contribution >= 0.6 is 27.5 Å². The molecule has 0 amide bonds. The van der Waals surface area contributed by atoms with Gasteiger partial charge in [0.1, 0.15) is 5.75 Å². The van der Waals surface area contributed by atoms with Crippen LogP contribution in [-0.4, -0.2) is 16.2 Å². The molecule has 0 atom stereocenters. The SMILES string of the molecule is O=C(CBr)c1c(O)ccc(C(F)(F)F)c1Cl. The van der Waals surface area contributed by atoms with Crippen LogP contribution < -0.4 is 0 Å². The maximum absolute atomic E-state index is 12.4. The fraction of sp³-hybridized carbons (Fsp3) is 0.222. The molecular weight excluding hydrogens is 312 g/mol. The van der Waals surface area contributed by atoms with Crippen LogP contribution in [0.5, 0.6) is 5.75 Å². The van der Waals surface area contributed by atoms with Gasteiger partial charge in [0.25, 0.3) is 0 Å². The highest BCUT2D eigenvalue weighted by Gasteiger charge is 2.35. The van der Waals surface area contributed by atoms with Crippen LogP contribution in [0, 0.1) is 0 Å². The van der Waals surface area contributed by atoms with Crippen molar-refractivity contribution in [1.29, 1.82) is 0 Å². The van der Waals surface area contributed by atoms with Crippen molar-refractivity contribution in [3.05, 3.63) is 28.3 Å². The number of hydrogen-bond acceptors (Lipinski definition) is 2.